The minimum absolute atomic E-state index is 0.114. The van der Waals surface area contributed by atoms with Crippen molar-refractivity contribution in [2.75, 3.05) is 10.6 Å². The molecule has 3 aromatic rings. The maximum absolute atomic E-state index is 12.6. The van der Waals surface area contributed by atoms with Gasteiger partial charge in [0.2, 0.25) is 5.95 Å². The lowest BCUT2D eigenvalue weighted by atomic mass is 10.2. The lowest BCUT2D eigenvalue weighted by Crippen LogP contribution is -2.16. The number of carbonyl (C=O) groups is 1. The molecule has 0 atom stereocenters. The number of amides is 1. The second kappa shape index (κ2) is 8.08. The number of halogens is 3. The van der Waals surface area contributed by atoms with E-state index in [-0.39, 0.29) is 11.4 Å². The Labute approximate surface area is 159 Å². The van der Waals surface area contributed by atoms with Gasteiger partial charge in [-0.05, 0) is 42.8 Å². The molecule has 8 heteroatoms. The van der Waals surface area contributed by atoms with Gasteiger partial charge in [-0.3, -0.25) is 4.79 Å². The molecule has 0 radical (unpaired) electrons. The molecule has 0 aliphatic heterocycles. The van der Waals surface area contributed by atoms with Crippen molar-refractivity contribution < 1.29 is 18.0 Å². The molecular formula is C20H17F3N4O. The Morgan fingerprint density at radius 1 is 1.00 bits per heavy atom. The van der Waals surface area contributed by atoms with E-state index >= 15 is 0 Å². The number of alkyl halides is 3. The van der Waals surface area contributed by atoms with Gasteiger partial charge in [-0.25, -0.2) is 9.97 Å². The summed E-state index contributed by atoms with van der Waals surface area (Å²) in [6, 6.07) is 15.4. The molecule has 1 heterocycles. The van der Waals surface area contributed by atoms with Gasteiger partial charge in [0, 0.05) is 17.9 Å². The lowest BCUT2D eigenvalue weighted by Gasteiger charge is -2.10. The van der Waals surface area contributed by atoms with Crippen LogP contribution in [-0.4, -0.2) is 15.9 Å². The number of aryl methyl sites for hydroxylation is 1. The monoisotopic (exact) mass is 386 g/mol. The smallest absolute Gasteiger partial charge is 0.350 e. The van der Waals surface area contributed by atoms with Crippen LogP contribution in [0.5, 0.6) is 0 Å². The van der Waals surface area contributed by atoms with Gasteiger partial charge in [0.05, 0.1) is 5.56 Å². The minimum atomic E-state index is -4.42. The maximum atomic E-state index is 12.6. The van der Waals surface area contributed by atoms with Gasteiger partial charge in [0.25, 0.3) is 5.91 Å². The second-order valence-electron chi connectivity index (χ2n) is 6.09. The zero-order chi connectivity index (χ0) is 20.1. The van der Waals surface area contributed by atoms with E-state index in [1.807, 2.05) is 30.3 Å². The average molecular weight is 386 g/mol. The van der Waals surface area contributed by atoms with Crippen LogP contribution in [0.3, 0.4) is 0 Å². The van der Waals surface area contributed by atoms with E-state index in [1.54, 1.807) is 6.92 Å². The Hall–Kier alpha value is -3.42. The normalized spacial score (nSPS) is 11.1. The fraction of sp³-hybridized carbons (Fsp3) is 0.150. The van der Waals surface area contributed by atoms with Crippen LogP contribution in [0.25, 0.3) is 0 Å². The summed E-state index contributed by atoms with van der Waals surface area (Å²) in [5.74, 6) is -0.241. The third-order valence-electron chi connectivity index (χ3n) is 3.85. The van der Waals surface area contributed by atoms with Crippen molar-refractivity contribution >= 4 is 17.5 Å². The van der Waals surface area contributed by atoms with Crippen molar-refractivity contribution in [3.8, 4) is 0 Å². The maximum Gasteiger partial charge on any atom is 0.416 e. The van der Waals surface area contributed by atoms with Crippen LogP contribution < -0.4 is 10.6 Å². The first-order chi connectivity index (χ1) is 13.3. The van der Waals surface area contributed by atoms with E-state index in [4.69, 9.17) is 0 Å². The summed E-state index contributed by atoms with van der Waals surface area (Å²) in [7, 11) is 0. The molecule has 0 saturated heterocycles. The highest BCUT2D eigenvalue weighted by Crippen LogP contribution is 2.29. The van der Waals surface area contributed by atoms with Crippen LogP contribution in [0, 0.1) is 6.92 Å². The molecule has 0 spiro atoms. The van der Waals surface area contributed by atoms with E-state index in [0.717, 1.165) is 17.7 Å². The summed E-state index contributed by atoms with van der Waals surface area (Å²) in [4.78, 5) is 20.9. The number of benzene rings is 2. The van der Waals surface area contributed by atoms with Crippen LogP contribution in [-0.2, 0) is 12.7 Å². The molecule has 3 rings (SSSR count). The summed E-state index contributed by atoms with van der Waals surface area (Å²) in [5, 5.41) is 5.60. The van der Waals surface area contributed by atoms with Gasteiger partial charge in [-0.2, -0.15) is 13.2 Å². The van der Waals surface area contributed by atoms with Crippen molar-refractivity contribution in [3.05, 3.63) is 83.2 Å². The van der Waals surface area contributed by atoms with E-state index < -0.39 is 17.6 Å². The average Bonchev–Trinajstić information content (AvgIpc) is 2.66. The third-order valence-corrected chi connectivity index (χ3v) is 3.85. The highest BCUT2D eigenvalue weighted by molar-refractivity contribution is 6.03. The quantitative estimate of drug-likeness (QED) is 0.669. The van der Waals surface area contributed by atoms with Gasteiger partial charge in [0.1, 0.15) is 5.69 Å². The van der Waals surface area contributed by atoms with Crippen molar-refractivity contribution in [2.45, 2.75) is 19.6 Å². The van der Waals surface area contributed by atoms with Crippen LogP contribution >= 0.6 is 0 Å². The van der Waals surface area contributed by atoms with Gasteiger partial charge in [-0.1, -0.05) is 30.3 Å². The number of hydrogen-bond donors (Lipinski definition) is 2. The lowest BCUT2D eigenvalue weighted by molar-refractivity contribution is -0.137. The number of rotatable bonds is 5. The first-order valence-electron chi connectivity index (χ1n) is 8.43. The van der Waals surface area contributed by atoms with Crippen molar-refractivity contribution in [1.29, 1.82) is 0 Å². The van der Waals surface area contributed by atoms with E-state index in [9.17, 15) is 18.0 Å². The molecule has 2 aromatic carbocycles. The van der Waals surface area contributed by atoms with Crippen molar-refractivity contribution in [1.82, 2.24) is 9.97 Å². The summed E-state index contributed by atoms with van der Waals surface area (Å²) in [5.41, 5.74) is 1.19. The van der Waals surface area contributed by atoms with E-state index in [2.05, 4.69) is 20.6 Å². The van der Waals surface area contributed by atoms with Gasteiger partial charge in [-0.15, -0.1) is 0 Å². The number of aromatic nitrogens is 2. The minimum Gasteiger partial charge on any atom is -0.350 e. The van der Waals surface area contributed by atoms with Gasteiger partial charge >= 0.3 is 6.18 Å². The molecule has 0 aliphatic rings. The number of hydrogen-bond acceptors (Lipinski definition) is 4. The van der Waals surface area contributed by atoms with Crippen LogP contribution in [0.1, 0.15) is 27.3 Å². The zero-order valence-corrected chi connectivity index (χ0v) is 14.9. The Morgan fingerprint density at radius 2 is 1.68 bits per heavy atom. The second-order valence-corrected chi connectivity index (χ2v) is 6.09. The number of nitrogens with one attached hydrogen (secondary N) is 2. The summed E-state index contributed by atoms with van der Waals surface area (Å²) in [6.45, 7) is 2.22. The molecule has 2 N–H and O–H groups in total. The molecule has 1 aromatic heterocycles. The first-order valence-corrected chi connectivity index (χ1v) is 8.43. The van der Waals surface area contributed by atoms with Crippen molar-refractivity contribution in [2.24, 2.45) is 0 Å². The molecule has 5 nitrogen and oxygen atoms in total. The van der Waals surface area contributed by atoms with Crippen LogP contribution in [0.15, 0.2) is 60.7 Å². The first kappa shape index (κ1) is 19.3. The molecular weight excluding hydrogens is 369 g/mol. The molecule has 144 valence electrons. The zero-order valence-electron chi connectivity index (χ0n) is 14.9. The summed E-state index contributed by atoms with van der Waals surface area (Å²) in [6.07, 6.45) is -4.42. The number of anilines is 2. The number of nitrogens with zero attached hydrogens (tertiary/aromatic N) is 2. The predicted octanol–water partition coefficient (Wildman–Crippen LogP) is 4.67. The molecule has 0 fully saturated rings. The Morgan fingerprint density at radius 3 is 2.32 bits per heavy atom. The molecule has 0 aliphatic carbocycles. The Balaban J connectivity index is 1.70. The molecule has 1 amide bonds. The highest BCUT2D eigenvalue weighted by atomic mass is 19.4. The van der Waals surface area contributed by atoms with Gasteiger partial charge < -0.3 is 10.6 Å². The largest absolute Gasteiger partial charge is 0.416 e. The molecule has 0 bridgehead atoms. The van der Waals surface area contributed by atoms with Crippen molar-refractivity contribution in [3.63, 3.8) is 0 Å². The van der Waals surface area contributed by atoms with Crippen LogP contribution in [0.4, 0.5) is 24.8 Å². The Kier molecular flexibility index (Phi) is 5.58. The molecule has 28 heavy (non-hydrogen) atoms. The summed E-state index contributed by atoms with van der Waals surface area (Å²) >= 11 is 0. The fourth-order valence-electron chi connectivity index (χ4n) is 2.48. The van der Waals surface area contributed by atoms with Gasteiger partial charge in [0.15, 0.2) is 0 Å². The summed E-state index contributed by atoms with van der Waals surface area (Å²) < 4.78 is 37.9. The van der Waals surface area contributed by atoms with E-state index in [0.29, 0.717) is 18.2 Å². The standard InChI is InChI=1S/C20H17F3N4O/c1-13-11-17(27-19(25-13)24-12-14-5-3-2-4-6-14)18(28)26-16-9-7-15(8-10-16)20(21,22)23/h2-11H,12H2,1H3,(H,26,28)(H,24,25,27). The molecule has 0 saturated carbocycles. The predicted molar refractivity (Wildman–Crippen MR) is 99.9 cm³/mol. The number of carbonyl (C=O) groups excluding carboxylic acids is 1. The topological polar surface area (TPSA) is 66.9 Å². The highest BCUT2D eigenvalue weighted by Gasteiger charge is 2.30. The van der Waals surface area contributed by atoms with E-state index in [1.165, 1.54) is 18.2 Å². The third kappa shape index (κ3) is 5.06. The Bertz CT molecular complexity index is 957. The van der Waals surface area contributed by atoms with Crippen LogP contribution in [0.2, 0.25) is 0 Å². The fourth-order valence-corrected chi connectivity index (χ4v) is 2.48. The SMILES string of the molecule is Cc1cc(C(=O)Nc2ccc(C(F)(F)F)cc2)nc(NCc2ccccc2)n1. The molecule has 0 unspecified atom stereocenters.